The van der Waals surface area contributed by atoms with Gasteiger partial charge < -0.3 is 10.2 Å². The standard InChI is InChI=1S/C16H19BrN2OS/c1-11(16-8-14(17)10-21-16)18-15-7-5-4-6-13(15)9-19(3)12(2)20/h4-8,10-11,18H,9H2,1-3H3. The zero-order valence-corrected chi connectivity index (χ0v) is 14.8. The van der Waals surface area contributed by atoms with Gasteiger partial charge in [0, 0.05) is 40.9 Å². The Labute approximate surface area is 138 Å². The summed E-state index contributed by atoms with van der Waals surface area (Å²) in [5.74, 6) is 0.0695. The number of hydrogen-bond donors (Lipinski definition) is 1. The van der Waals surface area contributed by atoms with Crippen LogP contribution in [-0.2, 0) is 11.3 Å². The fourth-order valence-electron chi connectivity index (χ4n) is 2.03. The molecule has 1 aromatic carbocycles. The van der Waals surface area contributed by atoms with Crippen LogP contribution in [0, 0.1) is 0 Å². The van der Waals surface area contributed by atoms with Crippen LogP contribution in [-0.4, -0.2) is 17.9 Å². The van der Waals surface area contributed by atoms with Crippen LogP contribution >= 0.6 is 27.3 Å². The number of carbonyl (C=O) groups excluding carboxylic acids is 1. The van der Waals surface area contributed by atoms with Crippen LogP contribution in [0.5, 0.6) is 0 Å². The number of hydrogen-bond acceptors (Lipinski definition) is 3. The molecule has 0 saturated carbocycles. The van der Waals surface area contributed by atoms with Crippen molar-refractivity contribution >= 4 is 38.9 Å². The van der Waals surface area contributed by atoms with Crippen LogP contribution in [0.4, 0.5) is 5.69 Å². The zero-order valence-electron chi connectivity index (χ0n) is 12.4. The first-order chi connectivity index (χ1) is 9.97. The van der Waals surface area contributed by atoms with Crippen LogP contribution in [0.15, 0.2) is 40.2 Å². The van der Waals surface area contributed by atoms with E-state index in [1.54, 1.807) is 23.2 Å². The third kappa shape index (κ3) is 4.32. The van der Waals surface area contributed by atoms with E-state index in [2.05, 4.69) is 51.7 Å². The number of nitrogens with zero attached hydrogens (tertiary/aromatic N) is 1. The number of rotatable bonds is 5. The number of halogens is 1. The number of anilines is 1. The minimum Gasteiger partial charge on any atom is -0.377 e. The Kier molecular flexibility index (Phi) is 5.42. The third-order valence-electron chi connectivity index (χ3n) is 3.35. The van der Waals surface area contributed by atoms with Crippen molar-refractivity contribution in [3.8, 4) is 0 Å². The molecule has 0 aliphatic rings. The molecule has 0 radical (unpaired) electrons. The van der Waals surface area contributed by atoms with Crippen molar-refractivity contribution in [2.24, 2.45) is 0 Å². The quantitative estimate of drug-likeness (QED) is 0.834. The lowest BCUT2D eigenvalue weighted by Gasteiger charge is -2.20. The molecule has 1 N–H and O–H groups in total. The van der Waals surface area contributed by atoms with Crippen molar-refractivity contribution < 1.29 is 4.79 Å². The lowest BCUT2D eigenvalue weighted by molar-refractivity contribution is -0.128. The number of amides is 1. The summed E-state index contributed by atoms with van der Waals surface area (Å²) in [6.07, 6.45) is 0. The van der Waals surface area contributed by atoms with E-state index in [0.29, 0.717) is 6.54 Å². The highest BCUT2D eigenvalue weighted by Gasteiger charge is 2.12. The van der Waals surface area contributed by atoms with E-state index in [-0.39, 0.29) is 11.9 Å². The van der Waals surface area contributed by atoms with Crippen LogP contribution in [0.2, 0.25) is 0 Å². The smallest absolute Gasteiger partial charge is 0.219 e. The fraction of sp³-hybridized carbons (Fsp3) is 0.312. The minimum atomic E-state index is 0.0695. The Bertz CT molecular complexity index is 626. The van der Waals surface area contributed by atoms with Gasteiger partial charge in [0.1, 0.15) is 0 Å². The maximum Gasteiger partial charge on any atom is 0.219 e. The number of nitrogens with one attached hydrogen (secondary N) is 1. The van der Waals surface area contributed by atoms with Gasteiger partial charge in [0.05, 0.1) is 6.04 Å². The minimum absolute atomic E-state index is 0.0695. The molecule has 3 nitrogen and oxygen atoms in total. The predicted octanol–water partition coefficient (Wildman–Crippen LogP) is 4.66. The first-order valence-electron chi connectivity index (χ1n) is 6.77. The Morgan fingerprint density at radius 3 is 2.76 bits per heavy atom. The maximum atomic E-state index is 11.4. The highest BCUT2D eigenvalue weighted by atomic mass is 79.9. The van der Waals surface area contributed by atoms with Gasteiger partial charge >= 0.3 is 0 Å². The van der Waals surface area contributed by atoms with E-state index >= 15 is 0 Å². The van der Waals surface area contributed by atoms with Crippen molar-refractivity contribution in [2.45, 2.75) is 26.4 Å². The molecule has 0 fully saturated rings. The Balaban J connectivity index is 2.14. The van der Waals surface area contributed by atoms with Crippen molar-refractivity contribution in [2.75, 3.05) is 12.4 Å². The van der Waals surface area contributed by atoms with Gasteiger partial charge in [-0.25, -0.2) is 0 Å². The molecule has 2 aromatic rings. The summed E-state index contributed by atoms with van der Waals surface area (Å²) >= 11 is 5.22. The molecule has 5 heteroatoms. The second-order valence-electron chi connectivity index (χ2n) is 5.07. The van der Waals surface area contributed by atoms with E-state index in [1.165, 1.54) is 4.88 Å². The highest BCUT2D eigenvalue weighted by molar-refractivity contribution is 9.10. The SMILES string of the molecule is CC(=O)N(C)Cc1ccccc1NC(C)c1cc(Br)cs1. The van der Waals surface area contributed by atoms with E-state index < -0.39 is 0 Å². The van der Waals surface area contributed by atoms with Gasteiger partial charge in [0.15, 0.2) is 0 Å². The Hall–Kier alpha value is -1.33. The molecule has 1 atom stereocenters. The average Bonchev–Trinajstić information content (AvgIpc) is 2.87. The molecule has 21 heavy (non-hydrogen) atoms. The van der Waals surface area contributed by atoms with Gasteiger partial charge in [-0.2, -0.15) is 0 Å². The number of carbonyl (C=O) groups is 1. The average molecular weight is 367 g/mol. The van der Waals surface area contributed by atoms with Crippen molar-refractivity contribution in [3.63, 3.8) is 0 Å². The van der Waals surface area contributed by atoms with Gasteiger partial charge in [-0.1, -0.05) is 18.2 Å². The third-order valence-corrected chi connectivity index (χ3v) is 5.23. The van der Waals surface area contributed by atoms with E-state index in [1.807, 2.05) is 19.2 Å². The summed E-state index contributed by atoms with van der Waals surface area (Å²) in [4.78, 5) is 14.4. The van der Waals surface area contributed by atoms with Crippen LogP contribution in [0.25, 0.3) is 0 Å². The molecule has 0 bridgehead atoms. The Morgan fingerprint density at radius 1 is 1.43 bits per heavy atom. The second-order valence-corrected chi connectivity index (χ2v) is 6.92. The summed E-state index contributed by atoms with van der Waals surface area (Å²) in [5.41, 5.74) is 2.19. The number of para-hydroxylation sites is 1. The van der Waals surface area contributed by atoms with Crippen molar-refractivity contribution in [1.29, 1.82) is 0 Å². The second kappa shape index (κ2) is 7.09. The van der Waals surface area contributed by atoms with Gasteiger partial charge in [-0.3, -0.25) is 4.79 Å². The first-order valence-corrected chi connectivity index (χ1v) is 8.44. The van der Waals surface area contributed by atoms with E-state index in [4.69, 9.17) is 0 Å². The highest BCUT2D eigenvalue weighted by Crippen LogP contribution is 2.29. The maximum absolute atomic E-state index is 11.4. The Morgan fingerprint density at radius 2 is 2.14 bits per heavy atom. The molecule has 112 valence electrons. The molecule has 0 aliphatic carbocycles. The fourth-order valence-corrected chi connectivity index (χ4v) is 3.48. The summed E-state index contributed by atoms with van der Waals surface area (Å²) in [6, 6.07) is 10.5. The van der Waals surface area contributed by atoms with E-state index in [9.17, 15) is 4.79 Å². The van der Waals surface area contributed by atoms with E-state index in [0.717, 1.165) is 15.7 Å². The monoisotopic (exact) mass is 366 g/mol. The molecule has 1 unspecified atom stereocenters. The van der Waals surface area contributed by atoms with Gasteiger partial charge in [-0.15, -0.1) is 11.3 Å². The van der Waals surface area contributed by atoms with Crippen molar-refractivity contribution in [1.82, 2.24) is 4.90 Å². The summed E-state index contributed by atoms with van der Waals surface area (Å²) < 4.78 is 1.11. The topological polar surface area (TPSA) is 32.3 Å². The first kappa shape index (κ1) is 16.0. The van der Waals surface area contributed by atoms with Crippen LogP contribution < -0.4 is 5.32 Å². The number of benzene rings is 1. The van der Waals surface area contributed by atoms with Crippen molar-refractivity contribution in [3.05, 3.63) is 50.6 Å². The molecule has 1 aromatic heterocycles. The molecule has 1 amide bonds. The summed E-state index contributed by atoms with van der Waals surface area (Å²) in [6.45, 7) is 4.34. The predicted molar refractivity (Wildman–Crippen MR) is 92.6 cm³/mol. The lowest BCUT2D eigenvalue weighted by Crippen LogP contribution is -2.23. The molecule has 1 heterocycles. The molecule has 0 aliphatic heterocycles. The van der Waals surface area contributed by atoms with Crippen LogP contribution in [0.3, 0.4) is 0 Å². The summed E-state index contributed by atoms with van der Waals surface area (Å²) in [7, 11) is 1.82. The molecular weight excluding hydrogens is 348 g/mol. The molecule has 2 rings (SSSR count). The molecule has 0 spiro atoms. The zero-order chi connectivity index (χ0) is 15.4. The normalized spacial score (nSPS) is 12.0. The molecular formula is C16H19BrN2OS. The van der Waals surface area contributed by atoms with Crippen LogP contribution in [0.1, 0.15) is 30.3 Å². The van der Waals surface area contributed by atoms with Gasteiger partial charge in [0.25, 0.3) is 0 Å². The van der Waals surface area contributed by atoms with Gasteiger partial charge in [-0.05, 0) is 40.5 Å². The molecule has 0 saturated heterocycles. The summed E-state index contributed by atoms with van der Waals surface area (Å²) in [5, 5.41) is 5.62. The largest absolute Gasteiger partial charge is 0.377 e. The lowest BCUT2D eigenvalue weighted by atomic mass is 10.1. The van der Waals surface area contributed by atoms with Gasteiger partial charge in [0.2, 0.25) is 5.91 Å². The number of thiophene rings is 1.